The van der Waals surface area contributed by atoms with Gasteiger partial charge in [-0.2, -0.15) is 0 Å². The highest BCUT2D eigenvalue weighted by atomic mass is 32.1. The first-order valence-electron chi connectivity index (χ1n) is 6.42. The predicted octanol–water partition coefficient (Wildman–Crippen LogP) is 2.64. The van der Waals surface area contributed by atoms with Gasteiger partial charge < -0.3 is 10.0 Å². The van der Waals surface area contributed by atoms with Crippen molar-refractivity contribution in [2.24, 2.45) is 0 Å². The van der Waals surface area contributed by atoms with Crippen LogP contribution in [0.2, 0.25) is 0 Å². The van der Waals surface area contributed by atoms with Crippen molar-refractivity contribution in [3.63, 3.8) is 0 Å². The summed E-state index contributed by atoms with van der Waals surface area (Å²) in [5, 5.41) is 13.3. The van der Waals surface area contributed by atoms with E-state index in [1.54, 1.807) is 24.1 Å². The lowest BCUT2D eigenvalue weighted by molar-refractivity contribution is 0.0746. The van der Waals surface area contributed by atoms with E-state index in [4.69, 9.17) is 0 Å². The van der Waals surface area contributed by atoms with E-state index in [0.717, 1.165) is 22.8 Å². The maximum absolute atomic E-state index is 12.5. The Bertz CT molecular complexity index is 595. The first-order valence-corrected chi connectivity index (χ1v) is 7.19. The molecule has 0 fully saturated rings. The summed E-state index contributed by atoms with van der Waals surface area (Å²) in [4.78, 5) is 14.7. The lowest BCUT2D eigenvalue weighted by atomic mass is 10.1. The average Bonchev–Trinajstić information content (AvgIpc) is 2.94. The van der Waals surface area contributed by atoms with Crippen LogP contribution in [0.25, 0.3) is 0 Å². The van der Waals surface area contributed by atoms with Gasteiger partial charge >= 0.3 is 0 Å². The van der Waals surface area contributed by atoms with Crippen LogP contribution in [0.4, 0.5) is 0 Å². The molecule has 1 amide bonds. The number of rotatable bonds is 4. The van der Waals surface area contributed by atoms with Gasteiger partial charge in [-0.1, -0.05) is 23.5 Å². The largest absolute Gasteiger partial charge is 0.508 e. The van der Waals surface area contributed by atoms with Gasteiger partial charge in [0.05, 0.1) is 11.7 Å². The van der Waals surface area contributed by atoms with Gasteiger partial charge in [-0.3, -0.25) is 4.79 Å². The van der Waals surface area contributed by atoms with Crippen molar-refractivity contribution in [3.05, 3.63) is 40.4 Å². The summed E-state index contributed by atoms with van der Waals surface area (Å²) in [7, 11) is 1.76. The van der Waals surface area contributed by atoms with Gasteiger partial charge in [0, 0.05) is 7.05 Å². The summed E-state index contributed by atoms with van der Waals surface area (Å²) >= 11 is 1.13. The number of hydrogen-bond donors (Lipinski definition) is 1. The van der Waals surface area contributed by atoms with E-state index in [1.807, 2.05) is 26.0 Å². The summed E-state index contributed by atoms with van der Waals surface area (Å²) in [6.07, 6.45) is 0.693. The summed E-state index contributed by atoms with van der Waals surface area (Å²) in [5.41, 5.74) is 1.71. The fraction of sp³-hybridized carbons (Fsp3) is 0.357. The molecule has 1 aromatic heterocycles. The van der Waals surface area contributed by atoms with Crippen molar-refractivity contribution in [3.8, 4) is 5.75 Å². The molecule has 6 heteroatoms. The molecule has 106 valence electrons. The molecule has 1 N–H and O–H groups in total. The van der Waals surface area contributed by atoms with Gasteiger partial charge in [-0.05, 0) is 42.6 Å². The van der Waals surface area contributed by atoms with E-state index < -0.39 is 0 Å². The van der Waals surface area contributed by atoms with E-state index in [2.05, 4.69) is 9.59 Å². The Morgan fingerprint density at radius 2 is 2.05 bits per heavy atom. The number of hydrogen-bond acceptors (Lipinski definition) is 5. The molecule has 0 radical (unpaired) electrons. The number of carbonyl (C=O) groups is 1. The molecule has 0 bridgehead atoms. The van der Waals surface area contributed by atoms with Crippen molar-refractivity contribution in [1.82, 2.24) is 14.5 Å². The van der Waals surface area contributed by atoms with Crippen molar-refractivity contribution in [2.45, 2.75) is 26.3 Å². The second-order valence-electron chi connectivity index (χ2n) is 4.59. The number of phenols is 1. The van der Waals surface area contributed by atoms with Gasteiger partial charge in [-0.25, -0.2) is 0 Å². The van der Waals surface area contributed by atoms with Crippen LogP contribution in [0, 0.1) is 0 Å². The number of aromatic nitrogens is 2. The summed E-state index contributed by atoms with van der Waals surface area (Å²) in [5.74, 6) is 0.146. The van der Waals surface area contributed by atoms with Crippen LogP contribution in [0.3, 0.4) is 0 Å². The summed E-state index contributed by atoms with van der Waals surface area (Å²) < 4.78 is 3.85. The maximum atomic E-state index is 12.5. The normalized spacial score (nSPS) is 12.2. The van der Waals surface area contributed by atoms with Crippen LogP contribution in [0.15, 0.2) is 24.3 Å². The lowest BCUT2D eigenvalue weighted by Crippen LogP contribution is -2.29. The second kappa shape index (κ2) is 6.00. The Kier molecular flexibility index (Phi) is 4.34. The fourth-order valence-corrected chi connectivity index (χ4v) is 2.65. The molecule has 1 atom stereocenters. The van der Waals surface area contributed by atoms with E-state index in [1.165, 1.54) is 0 Å². The van der Waals surface area contributed by atoms with Crippen LogP contribution in [-0.2, 0) is 6.42 Å². The number of aryl methyl sites for hydroxylation is 1. The molecule has 0 saturated heterocycles. The highest BCUT2D eigenvalue weighted by Gasteiger charge is 2.23. The van der Waals surface area contributed by atoms with Gasteiger partial charge in [0.15, 0.2) is 0 Å². The molecular formula is C14H17N3O2S. The molecule has 1 unspecified atom stereocenters. The Hall–Kier alpha value is -1.95. The first kappa shape index (κ1) is 14.5. The molecule has 1 heterocycles. The Labute approximate surface area is 122 Å². The lowest BCUT2D eigenvalue weighted by Gasteiger charge is -2.25. The van der Waals surface area contributed by atoms with Gasteiger partial charge in [0.1, 0.15) is 10.6 Å². The third-order valence-electron chi connectivity index (χ3n) is 3.36. The zero-order valence-corrected chi connectivity index (χ0v) is 12.5. The average molecular weight is 291 g/mol. The number of carbonyl (C=O) groups excluding carboxylic acids is 1. The Morgan fingerprint density at radius 1 is 1.40 bits per heavy atom. The molecule has 2 aromatic rings. The van der Waals surface area contributed by atoms with Crippen LogP contribution in [0.5, 0.6) is 5.75 Å². The summed E-state index contributed by atoms with van der Waals surface area (Å²) in [6, 6.07) is 6.78. The van der Waals surface area contributed by atoms with Gasteiger partial charge in [0.25, 0.3) is 5.91 Å². The van der Waals surface area contributed by atoms with Crippen LogP contribution < -0.4 is 0 Å². The number of amides is 1. The topological polar surface area (TPSA) is 66.3 Å². The minimum Gasteiger partial charge on any atom is -0.508 e. The van der Waals surface area contributed by atoms with E-state index in [0.29, 0.717) is 11.3 Å². The zero-order valence-electron chi connectivity index (χ0n) is 11.7. The minimum absolute atomic E-state index is 0.0718. The standard InChI is InChI=1S/C14H17N3O2S/c1-4-12-13(20-16-15-12)14(19)17(3)9(2)10-5-7-11(18)8-6-10/h5-9,18H,4H2,1-3H3. The zero-order chi connectivity index (χ0) is 14.7. The van der Waals surface area contributed by atoms with E-state index in [-0.39, 0.29) is 17.7 Å². The maximum Gasteiger partial charge on any atom is 0.267 e. The highest BCUT2D eigenvalue weighted by molar-refractivity contribution is 7.08. The molecule has 0 aliphatic carbocycles. The smallest absolute Gasteiger partial charge is 0.267 e. The van der Waals surface area contributed by atoms with E-state index >= 15 is 0 Å². The Morgan fingerprint density at radius 3 is 2.65 bits per heavy atom. The third-order valence-corrected chi connectivity index (χ3v) is 4.12. The number of aromatic hydroxyl groups is 1. The molecule has 0 spiro atoms. The fourth-order valence-electron chi connectivity index (χ4n) is 1.91. The van der Waals surface area contributed by atoms with Crippen molar-refractivity contribution in [1.29, 1.82) is 0 Å². The molecule has 0 aliphatic rings. The number of nitrogens with zero attached hydrogens (tertiary/aromatic N) is 3. The third kappa shape index (κ3) is 2.80. The number of phenolic OH excluding ortho intramolecular Hbond substituents is 1. The Balaban J connectivity index is 2.20. The van der Waals surface area contributed by atoms with Crippen molar-refractivity contribution in [2.75, 3.05) is 7.05 Å². The van der Waals surface area contributed by atoms with Gasteiger partial charge in [-0.15, -0.1) is 5.10 Å². The van der Waals surface area contributed by atoms with Crippen molar-refractivity contribution >= 4 is 17.4 Å². The molecule has 1 aromatic carbocycles. The quantitative estimate of drug-likeness (QED) is 0.940. The molecular weight excluding hydrogens is 274 g/mol. The highest BCUT2D eigenvalue weighted by Crippen LogP contribution is 2.24. The van der Waals surface area contributed by atoms with E-state index in [9.17, 15) is 9.90 Å². The SMILES string of the molecule is CCc1nnsc1C(=O)N(C)C(C)c1ccc(O)cc1. The van der Waals surface area contributed by atoms with Crippen LogP contribution >= 0.6 is 11.5 Å². The summed E-state index contributed by atoms with van der Waals surface area (Å²) in [6.45, 7) is 3.90. The molecule has 2 rings (SSSR count). The molecule has 0 aliphatic heterocycles. The predicted molar refractivity (Wildman–Crippen MR) is 77.9 cm³/mol. The second-order valence-corrected chi connectivity index (χ2v) is 5.34. The molecule has 0 saturated carbocycles. The monoisotopic (exact) mass is 291 g/mol. The van der Waals surface area contributed by atoms with Crippen LogP contribution in [-0.4, -0.2) is 32.5 Å². The van der Waals surface area contributed by atoms with Gasteiger partial charge in [0.2, 0.25) is 0 Å². The molecule has 20 heavy (non-hydrogen) atoms. The minimum atomic E-state index is -0.0880. The van der Waals surface area contributed by atoms with Crippen molar-refractivity contribution < 1.29 is 9.90 Å². The first-order chi connectivity index (χ1) is 9.54. The molecule has 5 nitrogen and oxygen atoms in total. The van der Waals surface area contributed by atoms with Crippen LogP contribution in [0.1, 0.15) is 40.8 Å². The number of benzene rings is 1.